The smallest absolute Gasteiger partial charge is 0.240 e. The number of hydrogen-bond donors (Lipinski definition) is 1. The fourth-order valence-corrected chi connectivity index (χ4v) is 2.16. The maximum absolute atomic E-state index is 12.9. The van der Waals surface area contributed by atoms with E-state index in [-0.39, 0.29) is 17.5 Å². The van der Waals surface area contributed by atoms with Crippen LogP contribution in [0.3, 0.4) is 0 Å². The Labute approximate surface area is 98.6 Å². The second kappa shape index (κ2) is 5.52. The first-order valence-corrected chi connectivity index (χ1v) is 6.32. The first-order valence-electron chi connectivity index (χ1n) is 4.84. The number of benzene rings is 1. The van der Waals surface area contributed by atoms with Gasteiger partial charge in [0.1, 0.15) is 0 Å². The lowest BCUT2D eigenvalue weighted by atomic mass is 10.3. The second-order valence-corrected chi connectivity index (χ2v) is 5.24. The maximum atomic E-state index is 12.9. The Bertz CT molecular complexity index is 490. The zero-order valence-electron chi connectivity index (χ0n) is 9.41. The van der Waals surface area contributed by atoms with Crippen molar-refractivity contribution in [1.29, 1.82) is 0 Å². The van der Waals surface area contributed by atoms with Crippen molar-refractivity contribution >= 4 is 10.0 Å². The molecule has 0 fully saturated rings. The van der Waals surface area contributed by atoms with Gasteiger partial charge in [-0.2, -0.15) is 0 Å². The summed E-state index contributed by atoms with van der Waals surface area (Å²) >= 11 is 0. The van der Waals surface area contributed by atoms with Gasteiger partial charge in [0.05, 0.1) is 11.0 Å². The normalized spacial score (nSPS) is 13.6. The van der Waals surface area contributed by atoms with Crippen LogP contribution in [0.15, 0.2) is 23.1 Å². The number of ether oxygens (including phenoxy) is 1. The molecule has 1 aromatic rings. The summed E-state index contributed by atoms with van der Waals surface area (Å²) in [5.41, 5.74) is 0. The van der Waals surface area contributed by atoms with Gasteiger partial charge in [-0.25, -0.2) is 21.9 Å². The molecule has 1 unspecified atom stereocenters. The van der Waals surface area contributed by atoms with Crippen LogP contribution < -0.4 is 4.72 Å². The number of rotatable bonds is 5. The van der Waals surface area contributed by atoms with E-state index in [1.807, 2.05) is 0 Å². The van der Waals surface area contributed by atoms with Crippen molar-refractivity contribution in [2.75, 3.05) is 13.7 Å². The minimum atomic E-state index is -3.84. The van der Waals surface area contributed by atoms with E-state index >= 15 is 0 Å². The van der Waals surface area contributed by atoms with Crippen LogP contribution in [0.1, 0.15) is 6.92 Å². The molecule has 17 heavy (non-hydrogen) atoms. The van der Waals surface area contributed by atoms with Crippen molar-refractivity contribution in [3.05, 3.63) is 29.8 Å². The molecule has 0 bridgehead atoms. The first kappa shape index (κ1) is 14.0. The van der Waals surface area contributed by atoms with E-state index in [0.717, 1.165) is 12.1 Å². The molecule has 0 aliphatic heterocycles. The summed E-state index contributed by atoms with van der Waals surface area (Å²) in [6, 6.07) is 2.40. The molecular weight excluding hydrogens is 252 g/mol. The SMILES string of the molecule is COC(C)CNS(=O)(=O)c1ccc(F)c(F)c1. The topological polar surface area (TPSA) is 55.4 Å². The molecule has 0 spiro atoms. The highest BCUT2D eigenvalue weighted by Gasteiger charge is 2.17. The monoisotopic (exact) mass is 265 g/mol. The van der Waals surface area contributed by atoms with E-state index in [9.17, 15) is 17.2 Å². The third-order valence-electron chi connectivity index (χ3n) is 2.16. The lowest BCUT2D eigenvalue weighted by molar-refractivity contribution is 0.122. The predicted octanol–water partition coefficient (Wildman–Crippen LogP) is 1.28. The van der Waals surface area contributed by atoms with Crippen molar-refractivity contribution in [2.45, 2.75) is 17.9 Å². The average molecular weight is 265 g/mol. The summed E-state index contributed by atoms with van der Waals surface area (Å²) in [5.74, 6) is -2.29. The van der Waals surface area contributed by atoms with Crippen LogP contribution in [-0.4, -0.2) is 28.2 Å². The third-order valence-corrected chi connectivity index (χ3v) is 3.59. The summed E-state index contributed by atoms with van der Waals surface area (Å²) < 4.78 is 55.9. The van der Waals surface area contributed by atoms with E-state index in [4.69, 9.17) is 4.74 Å². The third kappa shape index (κ3) is 3.72. The highest BCUT2D eigenvalue weighted by Crippen LogP contribution is 2.13. The average Bonchev–Trinajstić information content (AvgIpc) is 2.29. The van der Waals surface area contributed by atoms with Gasteiger partial charge in [0.15, 0.2) is 11.6 Å². The van der Waals surface area contributed by atoms with Crippen LogP contribution >= 0.6 is 0 Å². The van der Waals surface area contributed by atoms with Gasteiger partial charge in [-0.1, -0.05) is 0 Å². The quantitative estimate of drug-likeness (QED) is 0.872. The molecule has 1 atom stereocenters. The molecule has 0 saturated heterocycles. The fraction of sp³-hybridized carbons (Fsp3) is 0.400. The van der Waals surface area contributed by atoms with E-state index in [1.54, 1.807) is 6.92 Å². The Kier molecular flexibility index (Phi) is 4.55. The number of methoxy groups -OCH3 is 1. The molecule has 0 heterocycles. The minimum Gasteiger partial charge on any atom is -0.380 e. The maximum Gasteiger partial charge on any atom is 0.240 e. The standard InChI is InChI=1S/C10H13F2NO3S/c1-7(16-2)6-13-17(14,15)8-3-4-9(11)10(12)5-8/h3-5,7,13H,6H2,1-2H3. The fourth-order valence-electron chi connectivity index (χ4n) is 1.04. The van der Waals surface area contributed by atoms with Crippen molar-refractivity contribution in [3.63, 3.8) is 0 Å². The Morgan fingerprint density at radius 2 is 2.00 bits per heavy atom. The molecule has 96 valence electrons. The Hall–Kier alpha value is -1.05. The van der Waals surface area contributed by atoms with Gasteiger partial charge in [0, 0.05) is 13.7 Å². The Morgan fingerprint density at radius 1 is 1.35 bits per heavy atom. The van der Waals surface area contributed by atoms with Crippen LogP contribution in [0.2, 0.25) is 0 Å². The predicted molar refractivity (Wildman–Crippen MR) is 58.0 cm³/mol. The van der Waals surface area contributed by atoms with Crippen molar-refractivity contribution in [1.82, 2.24) is 4.72 Å². The molecule has 0 aromatic heterocycles. The molecule has 0 aliphatic rings. The van der Waals surface area contributed by atoms with Crippen LogP contribution in [0.25, 0.3) is 0 Å². The highest BCUT2D eigenvalue weighted by atomic mass is 32.2. The molecule has 1 N–H and O–H groups in total. The molecular formula is C10H13F2NO3S. The lowest BCUT2D eigenvalue weighted by Crippen LogP contribution is -2.31. The van der Waals surface area contributed by atoms with E-state index < -0.39 is 21.7 Å². The largest absolute Gasteiger partial charge is 0.380 e. The minimum absolute atomic E-state index is 0.0534. The van der Waals surface area contributed by atoms with Gasteiger partial charge in [-0.05, 0) is 25.1 Å². The molecule has 0 radical (unpaired) electrons. The molecule has 0 amide bonds. The lowest BCUT2D eigenvalue weighted by Gasteiger charge is -2.11. The second-order valence-electron chi connectivity index (χ2n) is 3.47. The number of hydrogen-bond acceptors (Lipinski definition) is 3. The van der Waals surface area contributed by atoms with Gasteiger partial charge in [-0.3, -0.25) is 0 Å². The van der Waals surface area contributed by atoms with Gasteiger partial charge in [-0.15, -0.1) is 0 Å². The van der Waals surface area contributed by atoms with Gasteiger partial charge in [0.25, 0.3) is 0 Å². The van der Waals surface area contributed by atoms with Crippen LogP contribution in [0.5, 0.6) is 0 Å². The summed E-state index contributed by atoms with van der Waals surface area (Å²) in [7, 11) is -2.40. The molecule has 1 aromatic carbocycles. The van der Waals surface area contributed by atoms with Gasteiger partial charge in [0.2, 0.25) is 10.0 Å². The van der Waals surface area contributed by atoms with Gasteiger partial charge < -0.3 is 4.74 Å². The van der Waals surface area contributed by atoms with Crippen LogP contribution in [0, 0.1) is 11.6 Å². The van der Waals surface area contributed by atoms with Crippen LogP contribution in [0.4, 0.5) is 8.78 Å². The van der Waals surface area contributed by atoms with E-state index in [2.05, 4.69) is 4.72 Å². The zero-order valence-corrected chi connectivity index (χ0v) is 10.2. The summed E-state index contributed by atoms with van der Waals surface area (Å²) in [6.45, 7) is 1.73. The highest BCUT2D eigenvalue weighted by molar-refractivity contribution is 7.89. The van der Waals surface area contributed by atoms with Crippen LogP contribution in [-0.2, 0) is 14.8 Å². The summed E-state index contributed by atoms with van der Waals surface area (Å²) in [4.78, 5) is -0.320. The molecule has 4 nitrogen and oxygen atoms in total. The number of nitrogens with one attached hydrogen (secondary N) is 1. The Morgan fingerprint density at radius 3 is 2.53 bits per heavy atom. The number of halogens is 2. The van der Waals surface area contributed by atoms with Gasteiger partial charge >= 0.3 is 0 Å². The molecule has 0 saturated carbocycles. The van der Waals surface area contributed by atoms with E-state index in [0.29, 0.717) is 6.07 Å². The summed E-state index contributed by atoms with van der Waals surface area (Å²) in [6.07, 6.45) is -0.310. The molecule has 7 heteroatoms. The van der Waals surface area contributed by atoms with E-state index in [1.165, 1.54) is 7.11 Å². The van der Waals surface area contributed by atoms with Crippen molar-refractivity contribution < 1.29 is 21.9 Å². The molecule has 1 rings (SSSR count). The van der Waals surface area contributed by atoms with Crippen molar-refractivity contribution in [2.24, 2.45) is 0 Å². The first-order chi connectivity index (χ1) is 7.86. The molecule has 0 aliphatic carbocycles. The Balaban J connectivity index is 2.86. The number of sulfonamides is 1. The zero-order chi connectivity index (χ0) is 13.1. The van der Waals surface area contributed by atoms with Crippen molar-refractivity contribution in [3.8, 4) is 0 Å². The summed E-state index contributed by atoms with van der Waals surface area (Å²) in [5, 5.41) is 0.